The third-order valence-corrected chi connectivity index (χ3v) is 3.37. The first-order chi connectivity index (χ1) is 9.65. The molecule has 2 aromatic heterocycles. The molecule has 1 aromatic carbocycles. The Bertz CT molecular complexity index is 733. The number of aromatic amines is 1. The quantitative estimate of drug-likeness (QED) is 0.637. The van der Waals surface area contributed by atoms with E-state index in [1.807, 2.05) is 37.5 Å². The van der Waals surface area contributed by atoms with Crippen molar-refractivity contribution in [2.75, 3.05) is 11.1 Å². The van der Waals surface area contributed by atoms with Gasteiger partial charge < -0.3 is 16.0 Å². The Morgan fingerprint density at radius 1 is 1.25 bits per heavy atom. The molecule has 3 aromatic rings. The van der Waals surface area contributed by atoms with Gasteiger partial charge >= 0.3 is 0 Å². The Labute approximate surface area is 117 Å². The molecule has 2 heterocycles. The topological polar surface area (TPSA) is 79.6 Å². The average molecular weight is 267 g/mol. The molecule has 5 heteroatoms. The molecule has 5 nitrogen and oxygen atoms in total. The number of fused-ring (bicyclic) bond motifs is 1. The smallest absolute Gasteiger partial charge is 0.128 e. The lowest BCUT2D eigenvalue weighted by atomic mass is 10.1. The summed E-state index contributed by atoms with van der Waals surface area (Å²) in [5.74, 6) is 0.903. The zero-order valence-electron chi connectivity index (χ0n) is 11.5. The largest absolute Gasteiger partial charge is 0.398 e. The van der Waals surface area contributed by atoms with Gasteiger partial charge in [-0.2, -0.15) is 0 Å². The fourth-order valence-corrected chi connectivity index (χ4v) is 2.31. The molecule has 4 N–H and O–H groups in total. The van der Waals surface area contributed by atoms with Gasteiger partial charge in [0.15, 0.2) is 0 Å². The van der Waals surface area contributed by atoms with Crippen LogP contribution in [0.3, 0.4) is 0 Å². The minimum atomic E-state index is 0.0882. The minimum absolute atomic E-state index is 0.0882. The predicted molar refractivity (Wildman–Crippen MR) is 81.5 cm³/mol. The highest BCUT2D eigenvalue weighted by molar-refractivity contribution is 6.00. The molecule has 0 bridgehead atoms. The van der Waals surface area contributed by atoms with Crippen LogP contribution in [0.5, 0.6) is 0 Å². The van der Waals surface area contributed by atoms with Crippen molar-refractivity contribution in [2.45, 2.75) is 19.9 Å². The number of anilines is 2. The molecule has 0 aliphatic rings. The molecule has 0 fully saturated rings. The number of nitrogens with zero attached hydrogens (tertiary/aromatic N) is 2. The zero-order valence-corrected chi connectivity index (χ0v) is 11.5. The van der Waals surface area contributed by atoms with Crippen LogP contribution in [0.25, 0.3) is 10.8 Å². The third-order valence-electron chi connectivity index (χ3n) is 3.37. The number of rotatable bonds is 3. The van der Waals surface area contributed by atoms with Crippen LogP contribution < -0.4 is 11.1 Å². The van der Waals surface area contributed by atoms with Crippen molar-refractivity contribution >= 4 is 22.1 Å². The van der Waals surface area contributed by atoms with E-state index in [4.69, 9.17) is 5.73 Å². The van der Waals surface area contributed by atoms with E-state index in [2.05, 4.69) is 27.2 Å². The van der Waals surface area contributed by atoms with Gasteiger partial charge in [-0.3, -0.25) is 4.98 Å². The minimum Gasteiger partial charge on any atom is -0.398 e. The summed E-state index contributed by atoms with van der Waals surface area (Å²) < 4.78 is 0. The highest BCUT2D eigenvalue weighted by atomic mass is 15.0. The number of nitrogen functional groups attached to an aromatic ring is 1. The number of nitrogens with two attached hydrogens (primary N) is 1. The van der Waals surface area contributed by atoms with E-state index in [0.29, 0.717) is 0 Å². The monoisotopic (exact) mass is 267 g/mol. The molecule has 0 saturated heterocycles. The molecular formula is C15H17N5. The Hall–Kier alpha value is -2.56. The third kappa shape index (κ3) is 2.18. The predicted octanol–water partition coefficient (Wildman–Crippen LogP) is 3.02. The summed E-state index contributed by atoms with van der Waals surface area (Å²) in [5.41, 5.74) is 8.75. The van der Waals surface area contributed by atoms with Crippen molar-refractivity contribution < 1.29 is 0 Å². The van der Waals surface area contributed by atoms with Crippen molar-refractivity contribution in [3.8, 4) is 0 Å². The van der Waals surface area contributed by atoms with E-state index < -0.39 is 0 Å². The van der Waals surface area contributed by atoms with Crippen LogP contribution >= 0.6 is 0 Å². The fraction of sp³-hybridized carbons (Fsp3) is 0.200. The van der Waals surface area contributed by atoms with E-state index >= 15 is 0 Å². The maximum atomic E-state index is 6.01. The van der Waals surface area contributed by atoms with Crippen LogP contribution in [0, 0.1) is 6.92 Å². The van der Waals surface area contributed by atoms with Gasteiger partial charge in [-0.1, -0.05) is 0 Å². The number of pyridine rings is 1. The maximum Gasteiger partial charge on any atom is 0.128 e. The van der Waals surface area contributed by atoms with Gasteiger partial charge in [0.1, 0.15) is 5.82 Å². The maximum absolute atomic E-state index is 6.01. The van der Waals surface area contributed by atoms with E-state index in [0.717, 1.165) is 33.7 Å². The Balaban J connectivity index is 2.03. The molecule has 1 unspecified atom stereocenters. The van der Waals surface area contributed by atoms with Crippen LogP contribution in [0.1, 0.15) is 24.5 Å². The van der Waals surface area contributed by atoms with Gasteiger partial charge in [0.05, 0.1) is 6.04 Å². The summed E-state index contributed by atoms with van der Waals surface area (Å²) in [6.07, 6.45) is 5.40. The summed E-state index contributed by atoms with van der Waals surface area (Å²) in [5, 5.41) is 5.51. The van der Waals surface area contributed by atoms with Gasteiger partial charge in [0.25, 0.3) is 0 Å². The Morgan fingerprint density at radius 2 is 2.10 bits per heavy atom. The highest BCUT2D eigenvalue weighted by Crippen LogP contribution is 2.30. The lowest BCUT2D eigenvalue weighted by molar-refractivity contribution is 0.811. The van der Waals surface area contributed by atoms with Crippen molar-refractivity contribution in [1.29, 1.82) is 0 Å². The van der Waals surface area contributed by atoms with Crippen LogP contribution in [-0.4, -0.2) is 15.0 Å². The first-order valence-corrected chi connectivity index (χ1v) is 6.56. The normalized spacial score (nSPS) is 12.5. The summed E-state index contributed by atoms with van der Waals surface area (Å²) in [7, 11) is 0. The van der Waals surface area contributed by atoms with Gasteiger partial charge in [-0.25, -0.2) is 4.98 Å². The van der Waals surface area contributed by atoms with Crippen LogP contribution in [-0.2, 0) is 0 Å². The molecule has 0 spiro atoms. The molecular weight excluding hydrogens is 250 g/mol. The highest BCUT2D eigenvalue weighted by Gasteiger charge is 2.11. The fourth-order valence-electron chi connectivity index (χ4n) is 2.31. The van der Waals surface area contributed by atoms with Gasteiger partial charge in [0.2, 0.25) is 0 Å². The number of benzene rings is 1. The van der Waals surface area contributed by atoms with Crippen molar-refractivity contribution in [3.05, 3.63) is 48.3 Å². The summed E-state index contributed by atoms with van der Waals surface area (Å²) >= 11 is 0. The van der Waals surface area contributed by atoms with Crippen LogP contribution in [0.15, 0.2) is 36.8 Å². The second-order valence-electron chi connectivity index (χ2n) is 4.91. The van der Waals surface area contributed by atoms with Gasteiger partial charge in [-0.15, -0.1) is 0 Å². The molecule has 1 atom stereocenters. The van der Waals surface area contributed by atoms with E-state index in [9.17, 15) is 0 Å². The molecule has 20 heavy (non-hydrogen) atoms. The number of aryl methyl sites for hydroxylation is 1. The van der Waals surface area contributed by atoms with E-state index in [1.165, 1.54) is 0 Å². The Kier molecular flexibility index (Phi) is 3.02. The molecule has 0 radical (unpaired) electrons. The number of hydrogen-bond donors (Lipinski definition) is 3. The second kappa shape index (κ2) is 4.85. The number of nitrogens with one attached hydrogen (secondary N) is 2. The SMILES string of the molecule is Cc1cc2c(NC(C)c3ncc[nH]3)ccc(N)c2cn1. The molecule has 102 valence electrons. The van der Waals surface area contributed by atoms with Gasteiger partial charge in [-0.05, 0) is 32.0 Å². The lowest BCUT2D eigenvalue weighted by Gasteiger charge is -2.16. The molecule has 0 aliphatic heterocycles. The van der Waals surface area contributed by atoms with Crippen molar-refractivity contribution in [3.63, 3.8) is 0 Å². The summed E-state index contributed by atoms with van der Waals surface area (Å²) in [6.45, 7) is 4.04. The molecule has 3 rings (SSSR count). The standard InChI is InChI=1S/C15H17N5/c1-9-7-11-12(8-19-9)13(16)3-4-14(11)20-10(2)15-17-5-6-18-15/h3-8,10,20H,16H2,1-2H3,(H,17,18). The summed E-state index contributed by atoms with van der Waals surface area (Å²) in [6, 6.07) is 6.03. The van der Waals surface area contributed by atoms with Crippen molar-refractivity contribution in [2.24, 2.45) is 0 Å². The van der Waals surface area contributed by atoms with Crippen LogP contribution in [0.4, 0.5) is 11.4 Å². The molecule has 0 saturated carbocycles. The van der Waals surface area contributed by atoms with E-state index in [1.54, 1.807) is 6.20 Å². The number of imidazole rings is 1. The van der Waals surface area contributed by atoms with Crippen molar-refractivity contribution in [1.82, 2.24) is 15.0 Å². The van der Waals surface area contributed by atoms with Gasteiger partial charge in [0, 0.05) is 46.4 Å². The second-order valence-corrected chi connectivity index (χ2v) is 4.91. The molecule has 0 aliphatic carbocycles. The lowest BCUT2D eigenvalue weighted by Crippen LogP contribution is -2.09. The molecule has 0 amide bonds. The summed E-state index contributed by atoms with van der Waals surface area (Å²) in [4.78, 5) is 11.7. The number of hydrogen-bond acceptors (Lipinski definition) is 4. The number of aromatic nitrogens is 3. The average Bonchev–Trinajstić information content (AvgIpc) is 2.96. The number of H-pyrrole nitrogens is 1. The zero-order chi connectivity index (χ0) is 14.1. The first-order valence-electron chi connectivity index (χ1n) is 6.56. The Morgan fingerprint density at radius 3 is 2.85 bits per heavy atom. The first kappa shape index (κ1) is 12.5. The van der Waals surface area contributed by atoms with E-state index in [-0.39, 0.29) is 6.04 Å². The van der Waals surface area contributed by atoms with Crippen LogP contribution in [0.2, 0.25) is 0 Å².